The second kappa shape index (κ2) is 5.53. The maximum Gasteiger partial charge on any atom is 0.207 e. The Balaban J connectivity index is 1.96. The SMILES string of the molecule is Cc1cn(C(C)C)c(Nc2ccc3cc(Br)ccc3c2)n1. The van der Waals surface area contributed by atoms with E-state index < -0.39 is 0 Å². The second-order valence-corrected chi connectivity index (χ2v) is 6.45. The van der Waals surface area contributed by atoms with Crippen molar-refractivity contribution in [2.24, 2.45) is 0 Å². The fourth-order valence-corrected chi connectivity index (χ4v) is 2.80. The minimum Gasteiger partial charge on any atom is -0.326 e. The monoisotopic (exact) mass is 343 g/mol. The molecular weight excluding hydrogens is 326 g/mol. The van der Waals surface area contributed by atoms with E-state index in [0.717, 1.165) is 21.8 Å². The molecule has 0 atom stereocenters. The quantitative estimate of drug-likeness (QED) is 0.686. The van der Waals surface area contributed by atoms with Crippen LogP contribution in [0.25, 0.3) is 10.8 Å². The van der Waals surface area contributed by atoms with Crippen LogP contribution >= 0.6 is 15.9 Å². The van der Waals surface area contributed by atoms with Gasteiger partial charge in [0.25, 0.3) is 0 Å². The van der Waals surface area contributed by atoms with Gasteiger partial charge in [0.15, 0.2) is 0 Å². The van der Waals surface area contributed by atoms with E-state index >= 15 is 0 Å². The van der Waals surface area contributed by atoms with E-state index in [1.165, 1.54) is 10.8 Å². The summed E-state index contributed by atoms with van der Waals surface area (Å²) in [5, 5.41) is 5.85. The first kappa shape index (κ1) is 14.1. The molecule has 1 N–H and O–H groups in total. The van der Waals surface area contributed by atoms with Crippen molar-refractivity contribution in [1.82, 2.24) is 9.55 Å². The Morgan fingerprint density at radius 3 is 2.57 bits per heavy atom. The van der Waals surface area contributed by atoms with Gasteiger partial charge in [-0.05, 0) is 55.8 Å². The summed E-state index contributed by atoms with van der Waals surface area (Å²) in [5.74, 6) is 0.888. The standard InChI is InChI=1S/C17H18BrN3/c1-11(2)21-10-12(3)19-17(21)20-16-7-5-13-8-15(18)6-4-14(13)9-16/h4-11H,1-3H3,(H,19,20). The first-order valence-corrected chi connectivity index (χ1v) is 7.84. The van der Waals surface area contributed by atoms with E-state index in [1.807, 2.05) is 6.92 Å². The van der Waals surface area contributed by atoms with Gasteiger partial charge in [-0.3, -0.25) is 0 Å². The van der Waals surface area contributed by atoms with E-state index in [1.54, 1.807) is 0 Å². The van der Waals surface area contributed by atoms with Crippen molar-refractivity contribution in [3.05, 3.63) is 52.8 Å². The third kappa shape index (κ3) is 2.95. The van der Waals surface area contributed by atoms with Crippen molar-refractivity contribution in [2.45, 2.75) is 26.8 Å². The smallest absolute Gasteiger partial charge is 0.207 e. The van der Waals surface area contributed by atoms with E-state index in [2.05, 4.69) is 87.2 Å². The Kier molecular flexibility index (Phi) is 3.72. The van der Waals surface area contributed by atoms with E-state index in [9.17, 15) is 0 Å². The highest BCUT2D eigenvalue weighted by molar-refractivity contribution is 9.10. The molecule has 21 heavy (non-hydrogen) atoms. The van der Waals surface area contributed by atoms with Crippen LogP contribution in [0.2, 0.25) is 0 Å². The normalized spacial score (nSPS) is 11.3. The number of nitrogens with zero attached hydrogens (tertiary/aromatic N) is 2. The van der Waals surface area contributed by atoms with E-state index in [4.69, 9.17) is 0 Å². The number of fused-ring (bicyclic) bond motifs is 1. The van der Waals surface area contributed by atoms with Crippen LogP contribution < -0.4 is 5.32 Å². The summed E-state index contributed by atoms with van der Waals surface area (Å²) in [7, 11) is 0. The van der Waals surface area contributed by atoms with Gasteiger partial charge in [0, 0.05) is 22.4 Å². The number of rotatable bonds is 3. The highest BCUT2D eigenvalue weighted by Crippen LogP contribution is 2.25. The lowest BCUT2D eigenvalue weighted by atomic mass is 10.1. The molecule has 0 bridgehead atoms. The van der Waals surface area contributed by atoms with E-state index in [-0.39, 0.29) is 0 Å². The lowest BCUT2D eigenvalue weighted by Gasteiger charge is -2.13. The highest BCUT2D eigenvalue weighted by atomic mass is 79.9. The molecule has 2 aromatic carbocycles. The zero-order valence-corrected chi connectivity index (χ0v) is 14.0. The topological polar surface area (TPSA) is 29.9 Å². The van der Waals surface area contributed by atoms with Crippen LogP contribution in [0.4, 0.5) is 11.6 Å². The van der Waals surface area contributed by atoms with Gasteiger partial charge in [-0.15, -0.1) is 0 Å². The number of anilines is 2. The van der Waals surface area contributed by atoms with Crippen LogP contribution in [0, 0.1) is 6.92 Å². The molecule has 3 nitrogen and oxygen atoms in total. The average molecular weight is 344 g/mol. The molecule has 0 saturated carbocycles. The number of imidazole rings is 1. The number of benzene rings is 2. The molecule has 1 heterocycles. The summed E-state index contributed by atoms with van der Waals surface area (Å²) in [4.78, 5) is 4.57. The summed E-state index contributed by atoms with van der Waals surface area (Å²) in [6.07, 6.45) is 2.07. The first-order chi connectivity index (χ1) is 10.0. The van der Waals surface area contributed by atoms with Crippen LogP contribution in [0.5, 0.6) is 0 Å². The average Bonchev–Trinajstić information content (AvgIpc) is 2.80. The molecule has 0 aliphatic rings. The summed E-state index contributed by atoms with van der Waals surface area (Å²) in [6.45, 7) is 6.33. The van der Waals surface area contributed by atoms with Crippen molar-refractivity contribution >= 4 is 38.3 Å². The summed E-state index contributed by atoms with van der Waals surface area (Å²) in [5.41, 5.74) is 2.08. The third-order valence-corrected chi connectivity index (χ3v) is 3.96. The maximum atomic E-state index is 4.57. The van der Waals surface area contributed by atoms with Gasteiger partial charge in [-0.1, -0.05) is 28.1 Å². The maximum absolute atomic E-state index is 4.57. The minimum atomic E-state index is 0.380. The van der Waals surface area contributed by atoms with Crippen molar-refractivity contribution in [3.8, 4) is 0 Å². The van der Waals surface area contributed by atoms with Gasteiger partial charge < -0.3 is 9.88 Å². The molecule has 0 amide bonds. The van der Waals surface area contributed by atoms with Crippen molar-refractivity contribution in [3.63, 3.8) is 0 Å². The largest absolute Gasteiger partial charge is 0.326 e. The number of aryl methyl sites for hydroxylation is 1. The van der Waals surface area contributed by atoms with Gasteiger partial charge >= 0.3 is 0 Å². The summed E-state index contributed by atoms with van der Waals surface area (Å²) < 4.78 is 3.25. The van der Waals surface area contributed by atoms with Crippen LogP contribution in [-0.4, -0.2) is 9.55 Å². The third-order valence-electron chi connectivity index (χ3n) is 3.47. The molecule has 0 aliphatic heterocycles. The Hall–Kier alpha value is -1.81. The summed E-state index contributed by atoms with van der Waals surface area (Å²) >= 11 is 3.50. The van der Waals surface area contributed by atoms with Crippen LogP contribution in [0.3, 0.4) is 0 Å². The Morgan fingerprint density at radius 1 is 1.10 bits per heavy atom. The number of nitrogens with one attached hydrogen (secondary N) is 1. The molecule has 4 heteroatoms. The minimum absolute atomic E-state index is 0.380. The van der Waals surface area contributed by atoms with Crippen molar-refractivity contribution < 1.29 is 0 Å². The molecule has 0 fully saturated rings. The first-order valence-electron chi connectivity index (χ1n) is 7.05. The molecular formula is C17H18BrN3. The van der Waals surface area contributed by atoms with Gasteiger partial charge in [0.1, 0.15) is 0 Å². The number of hydrogen-bond donors (Lipinski definition) is 1. The van der Waals surface area contributed by atoms with Gasteiger partial charge in [-0.25, -0.2) is 4.98 Å². The Labute approximate surface area is 133 Å². The number of aromatic nitrogens is 2. The van der Waals surface area contributed by atoms with Crippen molar-refractivity contribution in [1.29, 1.82) is 0 Å². The predicted molar refractivity (Wildman–Crippen MR) is 92.3 cm³/mol. The van der Waals surface area contributed by atoms with Crippen molar-refractivity contribution in [2.75, 3.05) is 5.32 Å². The Bertz CT molecular complexity index is 790. The molecule has 0 unspecified atom stereocenters. The fourth-order valence-electron chi connectivity index (χ4n) is 2.43. The molecule has 0 aliphatic carbocycles. The van der Waals surface area contributed by atoms with Crippen LogP contribution in [-0.2, 0) is 0 Å². The van der Waals surface area contributed by atoms with E-state index in [0.29, 0.717) is 6.04 Å². The molecule has 0 spiro atoms. The zero-order valence-electron chi connectivity index (χ0n) is 12.4. The molecule has 0 radical (unpaired) electrons. The molecule has 0 saturated heterocycles. The van der Waals surface area contributed by atoms with Gasteiger partial charge in [0.05, 0.1) is 5.69 Å². The highest BCUT2D eigenvalue weighted by Gasteiger charge is 2.09. The summed E-state index contributed by atoms with van der Waals surface area (Å²) in [6, 6.07) is 13.0. The molecule has 3 rings (SSSR count). The number of hydrogen-bond acceptors (Lipinski definition) is 2. The van der Waals surface area contributed by atoms with Crippen LogP contribution in [0.1, 0.15) is 25.6 Å². The van der Waals surface area contributed by atoms with Crippen LogP contribution in [0.15, 0.2) is 47.1 Å². The lowest BCUT2D eigenvalue weighted by Crippen LogP contribution is -2.05. The second-order valence-electron chi connectivity index (χ2n) is 5.54. The molecule has 108 valence electrons. The lowest BCUT2D eigenvalue weighted by molar-refractivity contribution is 0.607. The van der Waals surface area contributed by atoms with Gasteiger partial charge in [-0.2, -0.15) is 0 Å². The predicted octanol–water partition coefficient (Wildman–Crippen LogP) is 5.43. The molecule has 3 aromatic rings. The Morgan fingerprint density at radius 2 is 1.81 bits per heavy atom. The van der Waals surface area contributed by atoms with Gasteiger partial charge in [0.2, 0.25) is 5.95 Å². The number of halogens is 1. The zero-order chi connectivity index (χ0) is 15.0. The fraction of sp³-hybridized carbons (Fsp3) is 0.235. The molecule has 1 aromatic heterocycles.